The van der Waals surface area contributed by atoms with Gasteiger partial charge in [-0.15, -0.1) is 0 Å². The number of benzene rings is 2. The topological polar surface area (TPSA) is 46.1 Å². The summed E-state index contributed by atoms with van der Waals surface area (Å²) in [6.07, 6.45) is 5.00. The maximum atomic E-state index is 6.67. The van der Waals surface area contributed by atoms with Crippen LogP contribution < -0.4 is 19.7 Å². The van der Waals surface area contributed by atoms with Crippen molar-refractivity contribution in [2.45, 2.75) is 53.2 Å². The molecule has 17 heteroatoms. The molecule has 5 nitrogen and oxygen atoms in total. The maximum absolute atomic E-state index is 6.67. The van der Waals surface area contributed by atoms with E-state index in [9.17, 15) is 0 Å². The van der Waals surface area contributed by atoms with Gasteiger partial charge in [0.25, 0.3) is 0 Å². The predicted octanol–water partition coefficient (Wildman–Crippen LogP) is 11.7. The van der Waals surface area contributed by atoms with Crippen LogP contribution in [0.3, 0.4) is 0 Å². The summed E-state index contributed by atoms with van der Waals surface area (Å²) in [5.41, 5.74) is -3.93. The van der Waals surface area contributed by atoms with Crippen molar-refractivity contribution in [1.29, 1.82) is 0 Å². The van der Waals surface area contributed by atoms with Crippen molar-refractivity contribution >= 4 is 157 Å². The van der Waals surface area contributed by atoms with Gasteiger partial charge in [0.15, 0.2) is 5.66 Å². The highest BCUT2D eigenvalue weighted by Crippen LogP contribution is 2.62. The van der Waals surface area contributed by atoms with Gasteiger partial charge in [-0.3, -0.25) is 10.2 Å². The Labute approximate surface area is 316 Å². The number of aliphatic imine (C=N–C) groups is 1. The maximum Gasteiger partial charge on any atom is 0.232 e. The highest BCUT2D eigenvalue weighted by molar-refractivity contribution is 6.76. The third-order valence-electron chi connectivity index (χ3n) is 6.33. The van der Waals surface area contributed by atoms with Crippen molar-refractivity contribution < 1.29 is 9.47 Å². The van der Waals surface area contributed by atoms with Gasteiger partial charge in [0.1, 0.15) is 17.3 Å². The van der Waals surface area contributed by atoms with E-state index in [0.717, 1.165) is 12.8 Å². The van der Waals surface area contributed by atoms with Gasteiger partial charge in [-0.25, -0.2) is 4.99 Å². The number of nitrogens with zero attached hydrogens (tertiary/aromatic N) is 2. The lowest BCUT2D eigenvalue weighted by Gasteiger charge is -2.60. The smallest absolute Gasteiger partial charge is 0.232 e. The first-order valence-corrected chi connectivity index (χ1v) is 17.4. The lowest BCUT2D eigenvalue weighted by Crippen LogP contribution is -2.85. The second-order valence-corrected chi connectivity index (χ2v) is 18.5. The molecule has 0 atom stereocenters. The van der Waals surface area contributed by atoms with Crippen molar-refractivity contribution in [3.63, 3.8) is 0 Å². The van der Waals surface area contributed by atoms with E-state index >= 15 is 0 Å². The highest BCUT2D eigenvalue weighted by atomic mass is 35.6. The Bertz CT molecular complexity index is 1280. The number of nitrogens with one attached hydrogen (secondary N) is 1. The summed E-state index contributed by atoms with van der Waals surface area (Å²) in [5, 5.41) is 2.77. The lowest BCUT2D eigenvalue weighted by molar-refractivity contribution is 0.204. The molecule has 0 saturated carbocycles. The van der Waals surface area contributed by atoms with Crippen LogP contribution >= 0.6 is 139 Å². The van der Waals surface area contributed by atoms with Crippen LogP contribution in [-0.4, -0.2) is 45.5 Å². The number of ether oxygens (including phenoxy) is 2. The van der Waals surface area contributed by atoms with E-state index in [2.05, 4.69) is 17.2 Å². The molecule has 0 bridgehead atoms. The molecule has 0 spiro atoms. The van der Waals surface area contributed by atoms with Crippen LogP contribution in [0.2, 0.25) is 0 Å². The monoisotopic (exact) mass is 843 g/mol. The molecule has 1 aliphatic heterocycles. The van der Waals surface area contributed by atoms with Crippen molar-refractivity contribution in [1.82, 2.24) is 5.32 Å². The number of unbranched alkanes of at least 4 members (excludes halogenated alkanes) is 1. The number of hydrogen-bond donors (Lipinski definition) is 1. The molecule has 1 aliphatic rings. The number of amidine groups is 1. The molecule has 244 valence electrons. The Hall–Kier alpha value is 0.690. The normalized spacial score (nSPS) is 17.5. The van der Waals surface area contributed by atoms with Crippen LogP contribution in [0.15, 0.2) is 59.6 Å². The van der Waals surface area contributed by atoms with Crippen molar-refractivity contribution in [3.05, 3.63) is 60.2 Å². The zero-order chi connectivity index (χ0) is 33.2. The number of hydrogen-bond acceptors (Lipinski definition) is 5. The van der Waals surface area contributed by atoms with Gasteiger partial charge in [-0.1, -0.05) is 171 Å². The fourth-order valence-electron chi connectivity index (χ4n) is 4.20. The van der Waals surface area contributed by atoms with Crippen molar-refractivity contribution in [3.8, 4) is 11.5 Å². The van der Waals surface area contributed by atoms with Crippen LogP contribution in [-0.2, 0) is 0 Å². The van der Waals surface area contributed by atoms with Crippen LogP contribution in [0.4, 0.5) is 5.69 Å². The molecule has 2 aromatic carbocycles. The number of rotatable bonds is 9. The average molecular weight is 849 g/mol. The first-order chi connectivity index (χ1) is 20.2. The van der Waals surface area contributed by atoms with Crippen LogP contribution in [0.25, 0.3) is 6.08 Å². The van der Waals surface area contributed by atoms with E-state index in [0.29, 0.717) is 36.0 Å². The van der Waals surface area contributed by atoms with Gasteiger partial charge < -0.3 is 9.47 Å². The van der Waals surface area contributed by atoms with E-state index in [-0.39, 0.29) is 5.84 Å². The molecule has 0 amide bonds. The summed E-state index contributed by atoms with van der Waals surface area (Å²) >= 11 is 78.8. The summed E-state index contributed by atoms with van der Waals surface area (Å²) in [6.45, 7) is 4.95. The Morgan fingerprint density at radius 2 is 1.20 bits per heavy atom. The van der Waals surface area contributed by atoms with E-state index in [1.165, 1.54) is 11.0 Å². The zero-order valence-corrected chi connectivity index (χ0v) is 31.9. The van der Waals surface area contributed by atoms with E-state index < -0.39 is 26.5 Å². The molecule has 0 aliphatic carbocycles. The third kappa shape index (κ3) is 8.28. The average Bonchev–Trinajstić information content (AvgIpc) is 2.90. The Morgan fingerprint density at radius 1 is 0.705 bits per heavy atom. The van der Waals surface area contributed by atoms with Gasteiger partial charge in [-0.2, -0.15) is 0 Å². The van der Waals surface area contributed by atoms with Gasteiger partial charge in [0.05, 0.1) is 13.2 Å². The predicted molar refractivity (Wildman–Crippen MR) is 193 cm³/mol. The van der Waals surface area contributed by atoms with Gasteiger partial charge in [-0.05, 0) is 61.4 Å². The molecule has 1 N–H and O–H groups in total. The molecular weight excluding hydrogens is 824 g/mol. The second kappa shape index (κ2) is 15.1. The molecule has 1 heterocycles. The molecule has 44 heavy (non-hydrogen) atoms. The minimum Gasteiger partial charge on any atom is -0.494 e. The molecular formula is C27H25Cl12N3O2. The highest BCUT2D eigenvalue weighted by Gasteiger charge is 2.75. The number of halogens is 12. The van der Waals surface area contributed by atoms with Crippen LogP contribution in [0, 0.1) is 0 Å². The minimum absolute atomic E-state index is 0.0763. The largest absolute Gasteiger partial charge is 0.494 e. The molecule has 3 rings (SSSR count). The van der Waals surface area contributed by atoms with E-state index in [1.807, 2.05) is 6.92 Å². The van der Waals surface area contributed by atoms with Crippen LogP contribution in [0.1, 0.15) is 32.3 Å². The van der Waals surface area contributed by atoms with Crippen molar-refractivity contribution in [2.24, 2.45) is 4.99 Å². The Kier molecular flexibility index (Phi) is 13.4. The Balaban J connectivity index is 2.38. The first-order valence-electron chi connectivity index (χ1n) is 12.8. The fraction of sp³-hybridized carbons (Fsp3) is 0.444. The quantitative estimate of drug-likeness (QED) is 0.202. The lowest BCUT2D eigenvalue weighted by atomic mass is 10.0. The standard InChI is InChI=1S/C27H25Cl12N3O2/c1-3-5-16-44-20-13-9-18(10-14-20)42-21(15-8-17-6-11-19(12-7-17)43-4-2)40-22(24(28,29)30,25(31,32)33)41-23(42,26(34,35)36)27(37,38)39/h6-15,41H,3-5,16H2,1-2H3. The number of alkyl halides is 12. The van der Waals surface area contributed by atoms with Gasteiger partial charge in [0.2, 0.25) is 20.8 Å². The SMILES string of the molecule is CCCCOc1ccc(N2C(C=Cc3ccc(OCC)cc3)=NC(C(Cl)(Cl)Cl)(C(Cl)(Cl)Cl)NC2(C(Cl)(Cl)Cl)C(Cl)(Cl)Cl)cc1. The second-order valence-electron chi connectivity index (χ2n) is 9.37. The summed E-state index contributed by atoms with van der Waals surface area (Å²) in [6, 6.07) is 13.8. The third-order valence-corrected chi connectivity index (χ3v) is 9.61. The fourth-order valence-corrected chi connectivity index (χ4v) is 8.10. The summed E-state index contributed by atoms with van der Waals surface area (Å²) < 4.78 is 1.19. The first kappa shape index (κ1) is 39.1. The molecule has 2 aromatic rings. The van der Waals surface area contributed by atoms with E-state index in [4.69, 9.17) is 149 Å². The number of anilines is 1. The molecule has 0 saturated heterocycles. The summed E-state index contributed by atoms with van der Waals surface area (Å²) in [7, 11) is 0. The molecule has 0 unspecified atom stereocenters. The Morgan fingerprint density at radius 3 is 1.66 bits per heavy atom. The van der Waals surface area contributed by atoms with Gasteiger partial charge >= 0.3 is 0 Å². The van der Waals surface area contributed by atoms with Gasteiger partial charge in [0, 0.05) is 5.69 Å². The molecule has 0 fully saturated rings. The summed E-state index contributed by atoms with van der Waals surface area (Å²) in [4.78, 5) is 5.94. The molecule has 0 radical (unpaired) electrons. The van der Waals surface area contributed by atoms with E-state index in [1.54, 1.807) is 54.6 Å². The van der Waals surface area contributed by atoms with Crippen LogP contribution in [0.5, 0.6) is 11.5 Å². The molecule has 0 aromatic heterocycles. The minimum atomic E-state index is -2.54. The summed E-state index contributed by atoms with van der Waals surface area (Å²) in [5.74, 6) is 1.16. The zero-order valence-electron chi connectivity index (χ0n) is 22.8. The van der Waals surface area contributed by atoms with Crippen molar-refractivity contribution in [2.75, 3.05) is 18.1 Å².